The highest BCUT2D eigenvalue weighted by Crippen LogP contribution is 2.27. The van der Waals surface area contributed by atoms with Crippen LogP contribution in [-0.2, 0) is 0 Å². The zero-order chi connectivity index (χ0) is 13.8. The van der Waals surface area contributed by atoms with Gasteiger partial charge in [-0.3, -0.25) is 4.90 Å². The molecule has 2 atom stereocenters. The van der Waals surface area contributed by atoms with E-state index in [0.717, 1.165) is 32.4 Å². The first kappa shape index (κ1) is 15.8. The lowest BCUT2D eigenvalue weighted by Gasteiger charge is -2.49. The lowest BCUT2D eigenvalue weighted by atomic mass is 9.85. The van der Waals surface area contributed by atoms with E-state index in [9.17, 15) is 8.78 Å². The molecule has 0 spiro atoms. The fourth-order valence-corrected chi connectivity index (χ4v) is 2.95. The molecular weight excluding hydrogens is 234 g/mol. The van der Waals surface area contributed by atoms with Crippen molar-refractivity contribution in [3.05, 3.63) is 0 Å². The van der Waals surface area contributed by atoms with Crippen LogP contribution >= 0.6 is 0 Å². The predicted molar refractivity (Wildman–Crippen MR) is 72.1 cm³/mol. The number of rotatable bonds is 6. The second-order valence-corrected chi connectivity index (χ2v) is 5.64. The number of hydrogen-bond acceptors (Lipinski definition) is 2. The summed E-state index contributed by atoms with van der Waals surface area (Å²) in [6.45, 7) is 10.1. The van der Waals surface area contributed by atoms with Gasteiger partial charge in [0.15, 0.2) is 0 Å². The quantitative estimate of drug-likeness (QED) is 0.791. The smallest absolute Gasteiger partial charge is 0.251 e. The molecule has 1 rings (SSSR count). The molecule has 0 amide bonds. The third-order valence-electron chi connectivity index (χ3n) is 4.69. The fraction of sp³-hybridized carbons (Fsp3) is 1.00. The van der Waals surface area contributed by atoms with Crippen LogP contribution in [0.25, 0.3) is 0 Å². The van der Waals surface area contributed by atoms with Crippen LogP contribution in [0.4, 0.5) is 8.78 Å². The monoisotopic (exact) mass is 262 g/mol. The van der Waals surface area contributed by atoms with E-state index in [4.69, 9.17) is 0 Å². The predicted octanol–water partition coefficient (Wildman–Crippen LogP) is 3.13. The van der Waals surface area contributed by atoms with Gasteiger partial charge in [0.2, 0.25) is 0 Å². The summed E-state index contributed by atoms with van der Waals surface area (Å²) in [5.41, 5.74) is 0.0266. The molecule has 0 aromatic carbocycles. The maximum absolute atomic E-state index is 12.8. The van der Waals surface area contributed by atoms with Gasteiger partial charge in [-0.05, 0) is 18.8 Å². The van der Waals surface area contributed by atoms with E-state index >= 15 is 0 Å². The second-order valence-electron chi connectivity index (χ2n) is 5.64. The van der Waals surface area contributed by atoms with E-state index in [-0.39, 0.29) is 18.1 Å². The van der Waals surface area contributed by atoms with Crippen LogP contribution in [0.2, 0.25) is 0 Å². The fourth-order valence-electron chi connectivity index (χ4n) is 2.95. The van der Waals surface area contributed by atoms with Crippen LogP contribution in [0.1, 0.15) is 47.0 Å². The Morgan fingerprint density at radius 3 is 2.33 bits per heavy atom. The van der Waals surface area contributed by atoms with E-state index < -0.39 is 6.43 Å². The van der Waals surface area contributed by atoms with E-state index in [2.05, 4.69) is 33.0 Å². The summed E-state index contributed by atoms with van der Waals surface area (Å²) >= 11 is 0. The molecule has 18 heavy (non-hydrogen) atoms. The Morgan fingerprint density at radius 2 is 1.89 bits per heavy atom. The van der Waals surface area contributed by atoms with Gasteiger partial charge < -0.3 is 5.32 Å². The highest BCUT2D eigenvalue weighted by Gasteiger charge is 2.38. The third-order valence-corrected chi connectivity index (χ3v) is 4.69. The Balaban J connectivity index is 2.78. The molecule has 0 radical (unpaired) electrons. The molecule has 0 saturated carbocycles. The summed E-state index contributed by atoms with van der Waals surface area (Å²) in [7, 11) is 0. The molecule has 2 nitrogen and oxygen atoms in total. The Morgan fingerprint density at radius 1 is 1.28 bits per heavy atom. The zero-order valence-electron chi connectivity index (χ0n) is 12.2. The number of piperazine rings is 1. The van der Waals surface area contributed by atoms with Gasteiger partial charge in [-0.2, -0.15) is 0 Å². The summed E-state index contributed by atoms with van der Waals surface area (Å²) in [5.74, 6) is 0.461. The summed E-state index contributed by atoms with van der Waals surface area (Å²) in [6, 6.07) is 0.246. The highest BCUT2D eigenvalue weighted by atomic mass is 19.3. The van der Waals surface area contributed by atoms with Gasteiger partial charge in [0.1, 0.15) is 0 Å². The zero-order valence-corrected chi connectivity index (χ0v) is 12.2. The van der Waals surface area contributed by atoms with Crippen molar-refractivity contribution in [2.75, 3.05) is 19.6 Å². The number of halogens is 2. The third kappa shape index (κ3) is 3.64. The van der Waals surface area contributed by atoms with Crippen molar-refractivity contribution in [3.8, 4) is 0 Å². The van der Waals surface area contributed by atoms with Crippen LogP contribution in [-0.4, -0.2) is 42.5 Å². The van der Waals surface area contributed by atoms with Gasteiger partial charge >= 0.3 is 0 Å². The van der Waals surface area contributed by atoms with Gasteiger partial charge in [0.05, 0.1) is 6.54 Å². The lowest BCUT2D eigenvalue weighted by molar-refractivity contribution is -0.0000299. The first-order chi connectivity index (χ1) is 8.48. The van der Waals surface area contributed by atoms with Gasteiger partial charge in [-0.25, -0.2) is 8.78 Å². The van der Waals surface area contributed by atoms with Crippen molar-refractivity contribution in [2.24, 2.45) is 5.92 Å². The minimum atomic E-state index is -2.24. The Labute approximate surface area is 110 Å². The van der Waals surface area contributed by atoms with Crippen molar-refractivity contribution in [2.45, 2.75) is 65.0 Å². The number of nitrogens with one attached hydrogen (secondary N) is 1. The van der Waals surface area contributed by atoms with Crippen LogP contribution < -0.4 is 5.32 Å². The first-order valence-electron chi connectivity index (χ1n) is 7.25. The van der Waals surface area contributed by atoms with Crippen molar-refractivity contribution < 1.29 is 8.78 Å². The summed E-state index contributed by atoms with van der Waals surface area (Å²) in [4.78, 5) is 2.02. The van der Waals surface area contributed by atoms with Gasteiger partial charge in [-0.15, -0.1) is 0 Å². The molecule has 0 aliphatic carbocycles. The molecule has 0 aromatic heterocycles. The van der Waals surface area contributed by atoms with Gasteiger partial charge in [-0.1, -0.05) is 34.1 Å². The minimum absolute atomic E-state index is 0.0266. The van der Waals surface area contributed by atoms with E-state index in [1.54, 1.807) is 0 Å². The van der Waals surface area contributed by atoms with Crippen molar-refractivity contribution >= 4 is 0 Å². The van der Waals surface area contributed by atoms with Gasteiger partial charge in [0, 0.05) is 24.7 Å². The standard InChI is InChI=1S/C14H28F2N2/c1-5-11(4)12-8-17-14(6-2,7-3)10-18(12)9-13(15)16/h11-13,17H,5-10H2,1-4H3. The van der Waals surface area contributed by atoms with Crippen molar-refractivity contribution in [1.29, 1.82) is 0 Å². The summed E-state index contributed by atoms with van der Waals surface area (Å²) < 4.78 is 25.5. The molecule has 1 saturated heterocycles. The molecule has 1 heterocycles. The average Bonchev–Trinajstić information content (AvgIpc) is 2.37. The number of hydrogen-bond donors (Lipinski definition) is 1. The lowest BCUT2D eigenvalue weighted by Crippen LogP contribution is -2.65. The second kappa shape index (κ2) is 6.80. The number of nitrogens with zero attached hydrogens (tertiary/aromatic N) is 1. The topological polar surface area (TPSA) is 15.3 Å². The molecule has 2 unspecified atom stereocenters. The summed E-state index contributed by atoms with van der Waals surface area (Å²) in [6.07, 6.45) is 0.797. The van der Waals surface area contributed by atoms with Crippen LogP contribution in [0, 0.1) is 5.92 Å². The Kier molecular flexibility index (Phi) is 5.99. The average molecular weight is 262 g/mol. The highest BCUT2D eigenvalue weighted by molar-refractivity contribution is 4.97. The Hall–Kier alpha value is -0.220. The maximum atomic E-state index is 12.8. The number of alkyl halides is 2. The van der Waals surface area contributed by atoms with Crippen molar-refractivity contribution in [1.82, 2.24) is 10.2 Å². The molecule has 0 bridgehead atoms. The van der Waals surface area contributed by atoms with Crippen LogP contribution in [0.5, 0.6) is 0 Å². The molecule has 4 heteroatoms. The molecule has 1 aliphatic rings. The SMILES string of the molecule is CCC(C)C1CNC(CC)(CC)CN1CC(F)F. The largest absolute Gasteiger partial charge is 0.308 e. The van der Waals surface area contributed by atoms with Gasteiger partial charge in [0.25, 0.3) is 6.43 Å². The normalized spacial score (nSPS) is 26.5. The van der Waals surface area contributed by atoms with E-state index in [1.807, 2.05) is 4.90 Å². The van der Waals surface area contributed by atoms with E-state index in [1.165, 1.54) is 0 Å². The van der Waals surface area contributed by atoms with Crippen LogP contribution in [0.15, 0.2) is 0 Å². The molecule has 1 aliphatic heterocycles. The molecule has 108 valence electrons. The molecule has 1 N–H and O–H groups in total. The summed E-state index contributed by atoms with van der Waals surface area (Å²) in [5, 5.41) is 3.61. The molecule has 1 fully saturated rings. The van der Waals surface area contributed by atoms with E-state index in [0.29, 0.717) is 5.92 Å². The Bertz CT molecular complexity index is 242. The first-order valence-corrected chi connectivity index (χ1v) is 7.25. The minimum Gasteiger partial charge on any atom is -0.308 e. The maximum Gasteiger partial charge on any atom is 0.251 e. The molecular formula is C14H28F2N2. The molecule has 0 aromatic rings. The van der Waals surface area contributed by atoms with Crippen molar-refractivity contribution in [3.63, 3.8) is 0 Å². The van der Waals surface area contributed by atoms with Crippen LogP contribution in [0.3, 0.4) is 0 Å².